The predicted molar refractivity (Wildman–Crippen MR) is 45.8 cm³/mol. The third kappa shape index (κ3) is 4.13. The SMILES string of the molecule is Cl.O=Cc1ccc(OC(F)(F)F)cc1. The number of alkyl halides is 3. The van der Waals surface area contributed by atoms with Crippen molar-refractivity contribution in [3.05, 3.63) is 29.8 Å². The normalized spacial score (nSPS) is 10.2. The number of carbonyl (C=O) groups excluding carboxylic acids is 1. The van der Waals surface area contributed by atoms with E-state index in [1.54, 1.807) is 0 Å². The number of rotatable bonds is 2. The van der Waals surface area contributed by atoms with Crippen LogP contribution < -0.4 is 4.74 Å². The second-order valence-corrected chi connectivity index (χ2v) is 2.23. The van der Waals surface area contributed by atoms with E-state index < -0.39 is 6.36 Å². The predicted octanol–water partition coefficient (Wildman–Crippen LogP) is 2.82. The Morgan fingerprint density at radius 2 is 1.64 bits per heavy atom. The van der Waals surface area contributed by atoms with E-state index in [2.05, 4.69) is 4.74 Å². The van der Waals surface area contributed by atoms with Crippen LogP contribution in [0.3, 0.4) is 0 Å². The maximum atomic E-state index is 11.6. The molecule has 14 heavy (non-hydrogen) atoms. The first-order chi connectivity index (χ1) is 6.01. The Morgan fingerprint density at radius 3 is 2.00 bits per heavy atom. The Bertz CT molecular complexity index is 294. The molecular formula is C8H6ClF3O2. The molecule has 0 bridgehead atoms. The lowest BCUT2D eigenvalue weighted by Crippen LogP contribution is -2.16. The quantitative estimate of drug-likeness (QED) is 0.725. The summed E-state index contributed by atoms with van der Waals surface area (Å²) in [7, 11) is 0. The highest BCUT2D eigenvalue weighted by atomic mass is 35.5. The molecule has 0 spiro atoms. The number of benzene rings is 1. The van der Waals surface area contributed by atoms with Crippen LogP contribution in [0.2, 0.25) is 0 Å². The van der Waals surface area contributed by atoms with Crippen LogP contribution in [-0.2, 0) is 0 Å². The van der Waals surface area contributed by atoms with Gasteiger partial charge in [-0.15, -0.1) is 25.6 Å². The molecule has 1 rings (SSSR count). The van der Waals surface area contributed by atoms with Gasteiger partial charge in [0.25, 0.3) is 0 Å². The standard InChI is InChI=1S/C8H5F3O2.ClH/c9-8(10,11)13-7-3-1-6(5-12)2-4-7;/h1-5H;1H. The van der Waals surface area contributed by atoms with Crippen LogP contribution in [0.1, 0.15) is 10.4 Å². The first-order valence-corrected chi connectivity index (χ1v) is 3.32. The first kappa shape index (κ1) is 12.8. The van der Waals surface area contributed by atoms with E-state index in [4.69, 9.17) is 0 Å². The molecule has 0 saturated heterocycles. The fourth-order valence-electron chi connectivity index (χ4n) is 0.748. The molecule has 6 heteroatoms. The Balaban J connectivity index is 0.00000169. The lowest BCUT2D eigenvalue weighted by molar-refractivity contribution is -0.274. The molecule has 1 aromatic rings. The molecular weight excluding hydrogens is 221 g/mol. The summed E-state index contributed by atoms with van der Waals surface area (Å²) in [6.45, 7) is 0. The lowest BCUT2D eigenvalue weighted by atomic mass is 10.2. The van der Waals surface area contributed by atoms with Crippen molar-refractivity contribution in [1.82, 2.24) is 0 Å². The van der Waals surface area contributed by atoms with Gasteiger partial charge in [0.2, 0.25) is 0 Å². The van der Waals surface area contributed by atoms with Gasteiger partial charge in [0.15, 0.2) is 0 Å². The minimum Gasteiger partial charge on any atom is -0.406 e. The molecule has 2 nitrogen and oxygen atoms in total. The molecule has 0 fully saturated rings. The zero-order valence-electron chi connectivity index (χ0n) is 6.75. The Hall–Kier alpha value is -1.23. The molecule has 0 atom stereocenters. The summed E-state index contributed by atoms with van der Waals surface area (Å²) >= 11 is 0. The fraction of sp³-hybridized carbons (Fsp3) is 0.125. The molecule has 1 aromatic carbocycles. The van der Waals surface area contributed by atoms with Gasteiger partial charge >= 0.3 is 6.36 Å². The van der Waals surface area contributed by atoms with Crippen molar-refractivity contribution in [3.8, 4) is 5.75 Å². The van der Waals surface area contributed by atoms with Gasteiger partial charge in [-0.25, -0.2) is 0 Å². The monoisotopic (exact) mass is 226 g/mol. The lowest BCUT2D eigenvalue weighted by Gasteiger charge is -2.07. The molecule has 0 aliphatic carbocycles. The van der Waals surface area contributed by atoms with E-state index in [1.807, 2.05) is 0 Å². The van der Waals surface area contributed by atoms with E-state index in [9.17, 15) is 18.0 Å². The summed E-state index contributed by atoms with van der Waals surface area (Å²) in [6, 6.07) is 4.65. The van der Waals surface area contributed by atoms with E-state index >= 15 is 0 Å². The topological polar surface area (TPSA) is 26.3 Å². The van der Waals surface area contributed by atoms with Crippen molar-refractivity contribution in [2.45, 2.75) is 6.36 Å². The van der Waals surface area contributed by atoms with Gasteiger partial charge in [0.05, 0.1) is 0 Å². The van der Waals surface area contributed by atoms with E-state index in [0.29, 0.717) is 11.8 Å². The molecule has 0 heterocycles. The third-order valence-electron chi connectivity index (χ3n) is 1.25. The van der Waals surface area contributed by atoms with E-state index in [-0.39, 0.29) is 18.2 Å². The van der Waals surface area contributed by atoms with Gasteiger partial charge in [-0.3, -0.25) is 4.79 Å². The molecule has 0 aliphatic heterocycles. The maximum Gasteiger partial charge on any atom is 0.573 e. The average molecular weight is 227 g/mol. The zero-order chi connectivity index (χ0) is 9.90. The Morgan fingerprint density at radius 1 is 1.14 bits per heavy atom. The largest absolute Gasteiger partial charge is 0.573 e. The first-order valence-electron chi connectivity index (χ1n) is 3.32. The number of aldehydes is 1. The van der Waals surface area contributed by atoms with Crippen LogP contribution in [0.4, 0.5) is 13.2 Å². The third-order valence-corrected chi connectivity index (χ3v) is 1.25. The van der Waals surface area contributed by atoms with Crippen LogP contribution >= 0.6 is 12.4 Å². The van der Waals surface area contributed by atoms with Gasteiger partial charge in [0.1, 0.15) is 12.0 Å². The molecule has 0 saturated carbocycles. The summed E-state index contributed by atoms with van der Waals surface area (Å²) < 4.78 is 38.5. The maximum absolute atomic E-state index is 11.6. The number of halogens is 4. The second kappa shape index (κ2) is 4.85. The minimum atomic E-state index is -4.69. The summed E-state index contributed by atoms with van der Waals surface area (Å²) in [5, 5.41) is 0. The molecule has 0 N–H and O–H groups in total. The Kier molecular flexibility index (Phi) is 4.43. The van der Waals surface area contributed by atoms with Crippen molar-refractivity contribution in [1.29, 1.82) is 0 Å². The van der Waals surface area contributed by atoms with Crippen LogP contribution in [-0.4, -0.2) is 12.6 Å². The molecule has 0 unspecified atom stereocenters. The number of hydrogen-bond acceptors (Lipinski definition) is 2. The van der Waals surface area contributed by atoms with E-state index in [0.717, 1.165) is 12.1 Å². The average Bonchev–Trinajstić information content (AvgIpc) is 2.03. The van der Waals surface area contributed by atoms with Crippen molar-refractivity contribution < 1.29 is 22.7 Å². The fourth-order valence-corrected chi connectivity index (χ4v) is 0.748. The summed E-state index contributed by atoms with van der Waals surface area (Å²) in [5.41, 5.74) is 0.300. The van der Waals surface area contributed by atoms with Gasteiger partial charge < -0.3 is 4.74 Å². The smallest absolute Gasteiger partial charge is 0.406 e. The van der Waals surface area contributed by atoms with Crippen molar-refractivity contribution in [3.63, 3.8) is 0 Å². The van der Waals surface area contributed by atoms with Crippen molar-refractivity contribution >= 4 is 18.7 Å². The van der Waals surface area contributed by atoms with Gasteiger partial charge in [-0.1, -0.05) is 0 Å². The van der Waals surface area contributed by atoms with Crippen LogP contribution in [0.25, 0.3) is 0 Å². The highest BCUT2D eigenvalue weighted by Gasteiger charge is 2.30. The van der Waals surface area contributed by atoms with E-state index in [1.165, 1.54) is 12.1 Å². The van der Waals surface area contributed by atoms with Gasteiger partial charge in [0, 0.05) is 5.56 Å². The zero-order valence-corrected chi connectivity index (χ0v) is 7.56. The number of ether oxygens (including phenoxy) is 1. The highest BCUT2D eigenvalue weighted by Crippen LogP contribution is 2.22. The van der Waals surface area contributed by atoms with Crippen LogP contribution in [0.5, 0.6) is 5.75 Å². The van der Waals surface area contributed by atoms with Crippen LogP contribution in [0, 0.1) is 0 Å². The number of hydrogen-bond donors (Lipinski definition) is 0. The molecule has 0 amide bonds. The molecule has 0 aromatic heterocycles. The van der Waals surface area contributed by atoms with Crippen molar-refractivity contribution in [2.24, 2.45) is 0 Å². The molecule has 78 valence electrons. The summed E-state index contributed by atoms with van der Waals surface area (Å²) in [6.07, 6.45) is -4.15. The molecule has 0 radical (unpaired) electrons. The van der Waals surface area contributed by atoms with Crippen molar-refractivity contribution in [2.75, 3.05) is 0 Å². The summed E-state index contributed by atoms with van der Waals surface area (Å²) in [5.74, 6) is -0.335. The minimum absolute atomic E-state index is 0. The second-order valence-electron chi connectivity index (χ2n) is 2.23. The highest BCUT2D eigenvalue weighted by molar-refractivity contribution is 5.85. The number of carbonyl (C=O) groups is 1. The Labute approximate surface area is 84.1 Å². The van der Waals surface area contributed by atoms with Gasteiger partial charge in [-0.2, -0.15) is 0 Å². The van der Waals surface area contributed by atoms with Crippen LogP contribution in [0.15, 0.2) is 24.3 Å². The summed E-state index contributed by atoms with van der Waals surface area (Å²) in [4.78, 5) is 10.1. The van der Waals surface area contributed by atoms with Gasteiger partial charge in [-0.05, 0) is 24.3 Å². The molecule has 0 aliphatic rings.